The third-order valence-electron chi connectivity index (χ3n) is 2.95. The van der Waals surface area contributed by atoms with E-state index in [4.69, 9.17) is 5.73 Å². The van der Waals surface area contributed by atoms with Crippen LogP contribution >= 0.6 is 0 Å². The lowest BCUT2D eigenvalue weighted by Crippen LogP contribution is -2.58. The monoisotopic (exact) mass is 214 g/mol. The van der Waals surface area contributed by atoms with Crippen molar-refractivity contribution in [1.82, 2.24) is 15.1 Å². The molecule has 0 aromatic rings. The highest BCUT2D eigenvalue weighted by atomic mass is 16.1. The van der Waals surface area contributed by atoms with Gasteiger partial charge in [-0.15, -0.1) is 0 Å². The minimum Gasteiger partial charge on any atom is -0.368 e. The molecule has 88 valence electrons. The molecule has 1 aliphatic rings. The molecule has 5 heteroatoms. The predicted molar refractivity (Wildman–Crippen MR) is 60.6 cm³/mol. The molecule has 1 saturated heterocycles. The minimum absolute atomic E-state index is 0.231. The number of rotatable bonds is 5. The van der Waals surface area contributed by atoms with Crippen molar-refractivity contribution in [2.24, 2.45) is 5.73 Å². The second-order valence-electron chi connectivity index (χ2n) is 4.66. The maximum Gasteiger partial charge on any atom is 0.239 e. The first-order valence-corrected chi connectivity index (χ1v) is 5.34. The van der Waals surface area contributed by atoms with Crippen molar-refractivity contribution in [3.63, 3.8) is 0 Å². The maximum atomic E-state index is 11.5. The van der Waals surface area contributed by atoms with Gasteiger partial charge in [0.1, 0.15) is 5.54 Å². The van der Waals surface area contributed by atoms with Gasteiger partial charge in [0.15, 0.2) is 0 Å². The van der Waals surface area contributed by atoms with E-state index in [0.29, 0.717) is 0 Å². The second kappa shape index (κ2) is 4.92. The summed E-state index contributed by atoms with van der Waals surface area (Å²) in [4.78, 5) is 15.7. The second-order valence-corrected chi connectivity index (χ2v) is 4.66. The molecule has 0 saturated carbocycles. The average Bonchev–Trinajstić information content (AvgIpc) is 2.48. The van der Waals surface area contributed by atoms with Crippen LogP contribution in [0.1, 0.15) is 6.42 Å². The van der Waals surface area contributed by atoms with Crippen LogP contribution in [0.15, 0.2) is 0 Å². The molecule has 0 aromatic carbocycles. The fraction of sp³-hybridized carbons (Fsp3) is 0.900. The van der Waals surface area contributed by atoms with Crippen LogP contribution in [0, 0.1) is 0 Å². The van der Waals surface area contributed by atoms with Gasteiger partial charge in [-0.2, -0.15) is 0 Å². The number of hydrogen-bond donors (Lipinski definition) is 2. The van der Waals surface area contributed by atoms with E-state index < -0.39 is 5.54 Å². The number of nitrogens with zero attached hydrogens (tertiary/aromatic N) is 2. The molecule has 1 atom stereocenters. The lowest BCUT2D eigenvalue weighted by atomic mass is 9.98. The summed E-state index contributed by atoms with van der Waals surface area (Å²) in [7, 11) is 6.04. The number of nitrogens with two attached hydrogens (primary N) is 1. The molecule has 1 heterocycles. The van der Waals surface area contributed by atoms with Gasteiger partial charge in [0.05, 0.1) is 0 Å². The third-order valence-corrected chi connectivity index (χ3v) is 2.95. The lowest BCUT2D eigenvalue weighted by molar-refractivity contribution is -0.124. The van der Waals surface area contributed by atoms with Crippen LogP contribution in [0.4, 0.5) is 0 Å². The van der Waals surface area contributed by atoms with Gasteiger partial charge in [0.25, 0.3) is 0 Å². The Morgan fingerprint density at radius 1 is 1.60 bits per heavy atom. The van der Waals surface area contributed by atoms with Gasteiger partial charge in [-0.3, -0.25) is 4.79 Å². The average molecular weight is 214 g/mol. The molecule has 0 radical (unpaired) electrons. The molecule has 0 bridgehead atoms. The van der Waals surface area contributed by atoms with Crippen LogP contribution in [-0.4, -0.2) is 68.6 Å². The number of primary amides is 1. The summed E-state index contributed by atoms with van der Waals surface area (Å²) in [6.45, 7) is 3.36. The van der Waals surface area contributed by atoms with Crippen molar-refractivity contribution in [3.8, 4) is 0 Å². The SMILES string of the molecule is CN(C)CCNC1(C(N)=O)CCN(C)C1. The molecule has 5 nitrogen and oxygen atoms in total. The molecule has 1 amide bonds. The molecule has 1 unspecified atom stereocenters. The number of likely N-dealkylation sites (tertiary alicyclic amines) is 1. The molecule has 0 aromatic heterocycles. The van der Waals surface area contributed by atoms with E-state index in [1.165, 1.54) is 0 Å². The Morgan fingerprint density at radius 2 is 2.27 bits per heavy atom. The first-order chi connectivity index (χ1) is 6.96. The molecule has 1 fully saturated rings. The third kappa shape index (κ3) is 3.15. The van der Waals surface area contributed by atoms with Crippen molar-refractivity contribution < 1.29 is 4.79 Å². The van der Waals surface area contributed by atoms with Crippen molar-refractivity contribution in [2.45, 2.75) is 12.0 Å². The van der Waals surface area contributed by atoms with Crippen LogP contribution in [-0.2, 0) is 4.79 Å². The zero-order chi connectivity index (χ0) is 11.5. The largest absolute Gasteiger partial charge is 0.368 e. The molecular formula is C10H22N4O. The summed E-state index contributed by atoms with van der Waals surface area (Å²) in [6, 6.07) is 0. The van der Waals surface area contributed by atoms with Crippen molar-refractivity contribution >= 4 is 5.91 Å². The number of nitrogens with one attached hydrogen (secondary N) is 1. The van der Waals surface area contributed by atoms with E-state index in [2.05, 4.69) is 15.1 Å². The number of hydrogen-bond acceptors (Lipinski definition) is 4. The first kappa shape index (κ1) is 12.4. The molecule has 15 heavy (non-hydrogen) atoms. The number of carbonyl (C=O) groups is 1. The fourth-order valence-corrected chi connectivity index (χ4v) is 1.95. The predicted octanol–water partition coefficient (Wildman–Crippen LogP) is -1.30. The lowest BCUT2D eigenvalue weighted by Gasteiger charge is -2.27. The highest BCUT2D eigenvalue weighted by Crippen LogP contribution is 2.19. The summed E-state index contributed by atoms with van der Waals surface area (Å²) >= 11 is 0. The summed E-state index contributed by atoms with van der Waals surface area (Å²) in [6.07, 6.45) is 0.812. The van der Waals surface area contributed by atoms with Gasteiger partial charge >= 0.3 is 0 Å². The standard InChI is InChI=1S/C10H22N4O/c1-13(2)7-5-12-10(9(11)15)4-6-14(3)8-10/h12H,4-8H2,1-3H3,(H2,11,15). The smallest absolute Gasteiger partial charge is 0.239 e. The Labute approximate surface area is 91.6 Å². The summed E-state index contributed by atoms with van der Waals surface area (Å²) in [5.74, 6) is -0.231. The molecule has 0 spiro atoms. The summed E-state index contributed by atoms with van der Waals surface area (Å²) in [5.41, 5.74) is 4.96. The van der Waals surface area contributed by atoms with Crippen LogP contribution in [0.3, 0.4) is 0 Å². The van der Waals surface area contributed by atoms with E-state index in [1.54, 1.807) is 0 Å². The molecule has 3 N–H and O–H groups in total. The maximum absolute atomic E-state index is 11.5. The van der Waals surface area contributed by atoms with Gasteiger partial charge in [-0.05, 0) is 27.6 Å². The number of amides is 1. The number of carbonyl (C=O) groups excluding carboxylic acids is 1. The number of likely N-dealkylation sites (N-methyl/N-ethyl adjacent to an activating group) is 2. The van der Waals surface area contributed by atoms with E-state index in [9.17, 15) is 4.79 Å². The normalized spacial score (nSPS) is 27.5. The first-order valence-electron chi connectivity index (χ1n) is 5.34. The summed E-state index contributed by atoms with van der Waals surface area (Å²) < 4.78 is 0. The van der Waals surface area contributed by atoms with Gasteiger partial charge < -0.3 is 20.9 Å². The Kier molecular flexibility index (Phi) is 4.07. The highest BCUT2D eigenvalue weighted by Gasteiger charge is 2.41. The van der Waals surface area contributed by atoms with Gasteiger partial charge in [-0.1, -0.05) is 0 Å². The summed E-state index contributed by atoms with van der Waals surface area (Å²) in [5, 5.41) is 3.30. The van der Waals surface area contributed by atoms with Crippen LogP contribution in [0.25, 0.3) is 0 Å². The molecular weight excluding hydrogens is 192 g/mol. The van der Waals surface area contributed by atoms with Gasteiger partial charge in [0.2, 0.25) is 5.91 Å². The van der Waals surface area contributed by atoms with Crippen molar-refractivity contribution in [1.29, 1.82) is 0 Å². The minimum atomic E-state index is -0.509. The highest BCUT2D eigenvalue weighted by molar-refractivity contribution is 5.85. The Bertz CT molecular complexity index is 231. The van der Waals surface area contributed by atoms with Crippen molar-refractivity contribution in [3.05, 3.63) is 0 Å². The fourth-order valence-electron chi connectivity index (χ4n) is 1.95. The topological polar surface area (TPSA) is 61.6 Å². The van der Waals surface area contributed by atoms with Crippen LogP contribution in [0.5, 0.6) is 0 Å². The molecule has 0 aliphatic carbocycles. The van der Waals surface area contributed by atoms with Gasteiger partial charge in [0, 0.05) is 26.2 Å². The van der Waals surface area contributed by atoms with E-state index in [0.717, 1.165) is 32.6 Å². The van der Waals surface area contributed by atoms with Crippen LogP contribution in [0.2, 0.25) is 0 Å². The Morgan fingerprint density at radius 3 is 2.67 bits per heavy atom. The van der Waals surface area contributed by atoms with E-state index in [1.807, 2.05) is 21.1 Å². The van der Waals surface area contributed by atoms with E-state index in [-0.39, 0.29) is 5.91 Å². The molecule has 1 aliphatic heterocycles. The quantitative estimate of drug-likeness (QED) is 0.597. The Hall–Kier alpha value is -0.650. The van der Waals surface area contributed by atoms with Gasteiger partial charge in [-0.25, -0.2) is 0 Å². The molecule has 1 rings (SSSR count). The van der Waals surface area contributed by atoms with Crippen LogP contribution < -0.4 is 11.1 Å². The van der Waals surface area contributed by atoms with Crippen molar-refractivity contribution in [2.75, 3.05) is 47.3 Å². The van der Waals surface area contributed by atoms with E-state index >= 15 is 0 Å². The Balaban J connectivity index is 2.48. The zero-order valence-electron chi connectivity index (χ0n) is 9.92. The zero-order valence-corrected chi connectivity index (χ0v) is 9.92.